The van der Waals surface area contributed by atoms with E-state index in [-0.39, 0.29) is 17.6 Å². The smallest absolute Gasteiger partial charge is 0.273 e. The molecule has 3 aromatic rings. The zero-order valence-electron chi connectivity index (χ0n) is 20.7. The highest BCUT2D eigenvalue weighted by Gasteiger charge is 2.50. The topological polar surface area (TPSA) is 113 Å². The number of aromatic nitrogens is 3. The minimum Gasteiger partial charge on any atom is -0.355 e. The number of nitrogens with zero attached hydrogens (tertiary/aromatic N) is 4. The van der Waals surface area contributed by atoms with Crippen LogP contribution in [0, 0.1) is 11.8 Å². The SMILES string of the molecule is O=C(N[C@H]1CCN(CC2CC2)C[C@@H]1C(=O)NC1(c2ncccn2)CC1)c1cc(-c2ccc(Cl)cc2Cl)on1. The number of amides is 2. The maximum Gasteiger partial charge on any atom is 0.273 e. The summed E-state index contributed by atoms with van der Waals surface area (Å²) in [7, 11) is 0. The largest absolute Gasteiger partial charge is 0.355 e. The van der Waals surface area contributed by atoms with Crippen molar-refractivity contribution in [3.05, 3.63) is 64.3 Å². The van der Waals surface area contributed by atoms with Crippen molar-refractivity contribution in [2.75, 3.05) is 19.6 Å². The summed E-state index contributed by atoms with van der Waals surface area (Å²) in [6.45, 7) is 2.40. The first-order chi connectivity index (χ1) is 18.4. The van der Waals surface area contributed by atoms with Gasteiger partial charge >= 0.3 is 0 Å². The molecule has 3 aliphatic rings. The van der Waals surface area contributed by atoms with Gasteiger partial charge in [0.05, 0.1) is 16.5 Å². The Kier molecular flexibility index (Phi) is 6.84. The molecule has 6 rings (SSSR count). The Hall–Kier alpha value is -3.01. The number of rotatable bonds is 8. The maximum atomic E-state index is 13.7. The summed E-state index contributed by atoms with van der Waals surface area (Å²) in [6.07, 6.45) is 8.14. The Morgan fingerprint density at radius 1 is 1.11 bits per heavy atom. The summed E-state index contributed by atoms with van der Waals surface area (Å²) >= 11 is 12.3. The molecule has 11 heteroatoms. The van der Waals surface area contributed by atoms with Crippen LogP contribution >= 0.6 is 23.2 Å². The summed E-state index contributed by atoms with van der Waals surface area (Å²) in [5.74, 6) is 0.820. The molecule has 2 amide bonds. The zero-order chi connectivity index (χ0) is 26.3. The number of benzene rings is 1. The number of hydrogen-bond acceptors (Lipinski definition) is 7. The van der Waals surface area contributed by atoms with Crippen molar-refractivity contribution in [1.82, 2.24) is 30.7 Å². The quantitative estimate of drug-likeness (QED) is 0.431. The molecule has 0 spiro atoms. The minimum absolute atomic E-state index is 0.0884. The van der Waals surface area contributed by atoms with E-state index in [0.717, 1.165) is 25.9 Å². The molecule has 198 valence electrons. The molecule has 2 aliphatic carbocycles. The van der Waals surface area contributed by atoms with Crippen molar-refractivity contribution in [3.63, 3.8) is 0 Å². The van der Waals surface area contributed by atoms with Crippen molar-refractivity contribution in [1.29, 1.82) is 0 Å². The number of halogens is 2. The van der Waals surface area contributed by atoms with Crippen LogP contribution in [-0.4, -0.2) is 57.5 Å². The van der Waals surface area contributed by atoms with Gasteiger partial charge in [-0.3, -0.25) is 9.59 Å². The molecule has 1 aromatic carbocycles. The van der Waals surface area contributed by atoms with Crippen LogP contribution in [0.4, 0.5) is 0 Å². The molecular formula is C27H28Cl2N6O3. The molecule has 3 heterocycles. The van der Waals surface area contributed by atoms with E-state index >= 15 is 0 Å². The van der Waals surface area contributed by atoms with Gasteiger partial charge in [0.2, 0.25) is 5.91 Å². The third kappa shape index (κ3) is 5.41. The molecule has 2 N–H and O–H groups in total. The third-order valence-corrected chi connectivity index (χ3v) is 8.16. The Balaban J connectivity index is 1.17. The van der Waals surface area contributed by atoms with Crippen LogP contribution in [0.5, 0.6) is 0 Å². The van der Waals surface area contributed by atoms with Gasteiger partial charge in [-0.25, -0.2) is 9.97 Å². The summed E-state index contributed by atoms with van der Waals surface area (Å²) in [5.41, 5.74) is 0.193. The minimum atomic E-state index is -0.523. The van der Waals surface area contributed by atoms with Gasteiger partial charge in [-0.2, -0.15) is 0 Å². The van der Waals surface area contributed by atoms with Crippen molar-refractivity contribution >= 4 is 35.0 Å². The highest BCUT2D eigenvalue weighted by molar-refractivity contribution is 6.36. The first kappa shape index (κ1) is 25.3. The number of carbonyl (C=O) groups is 2. The molecule has 3 fully saturated rings. The lowest BCUT2D eigenvalue weighted by Crippen LogP contribution is -2.57. The van der Waals surface area contributed by atoms with Crippen molar-refractivity contribution in [2.24, 2.45) is 11.8 Å². The number of hydrogen-bond donors (Lipinski definition) is 2. The van der Waals surface area contributed by atoms with Gasteiger partial charge in [-0.05, 0) is 62.3 Å². The maximum absolute atomic E-state index is 13.7. The van der Waals surface area contributed by atoms with Gasteiger partial charge in [-0.1, -0.05) is 28.4 Å². The number of nitrogens with one attached hydrogen (secondary N) is 2. The highest BCUT2D eigenvalue weighted by atomic mass is 35.5. The van der Waals surface area contributed by atoms with E-state index in [4.69, 9.17) is 27.7 Å². The number of piperidine rings is 1. The van der Waals surface area contributed by atoms with Crippen LogP contribution in [-0.2, 0) is 10.3 Å². The van der Waals surface area contributed by atoms with E-state index in [1.807, 2.05) is 0 Å². The lowest BCUT2D eigenvalue weighted by Gasteiger charge is -2.38. The van der Waals surface area contributed by atoms with Gasteiger partial charge in [0.25, 0.3) is 5.91 Å². The molecule has 38 heavy (non-hydrogen) atoms. The average Bonchev–Trinajstić information content (AvgIpc) is 3.84. The molecule has 0 radical (unpaired) electrons. The van der Waals surface area contributed by atoms with Gasteiger partial charge in [0.15, 0.2) is 17.3 Å². The van der Waals surface area contributed by atoms with Gasteiger partial charge < -0.3 is 20.1 Å². The van der Waals surface area contributed by atoms with Crippen LogP contribution in [0.3, 0.4) is 0 Å². The molecule has 1 saturated heterocycles. The first-order valence-corrected chi connectivity index (χ1v) is 13.7. The summed E-state index contributed by atoms with van der Waals surface area (Å²) in [5, 5.41) is 11.1. The van der Waals surface area contributed by atoms with Gasteiger partial charge in [0, 0.05) is 54.7 Å². The molecule has 1 aliphatic heterocycles. The standard InChI is InChI=1S/C27H28Cl2N6O3/c28-17-4-5-18(20(29)12-17)23-13-22(34-38-23)25(37)32-21-6-11-35(14-16-2-3-16)15-19(21)24(36)33-27(7-8-27)26-30-9-1-10-31-26/h1,4-5,9-10,12-13,16,19,21H,2-3,6-8,11,14-15H2,(H,32,37)(H,33,36)/t19-,21-/m0/s1. The molecule has 2 saturated carbocycles. The monoisotopic (exact) mass is 554 g/mol. The van der Waals surface area contributed by atoms with Crippen LogP contribution < -0.4 is 10.6 Å². The molecule has 0 bridgehead atoms. The zero-order valence-corrected chi connectivity index (χ0v) is 22.2. The second kappa shape index (κ2) is 10.3. The fourth-order valence-electron chi connectivity index (χ4n) is 5.13. The van der Waals surface area contributed by atoms with Crippen LogP contribution in [0.15, 0.2) is 47.2 Å². The fraction of sp³-hybridized carbons (Fsp3) is 0.444. The highest BCUT2D eigenvalue weighted by Crippen LogP contribution is 2.44. The number of likely N-dealkylation sites (tertiary alicyclic amines) is 1. The molecular weight excluding hydrogens is 527 g/mol. The van der Waals surface area contributed by atoms with Crippen LogP contribution in [0.1, 0.15) is 48.4 Å². The molecule has 0 unspecified atom stereocenters. The van der Waals surface area contributed by atoms with Crippen molar-refractivity contribution < 1.29 is 14.1 Å². The van der Waals surface area contributed by atoms with E-state index in [0.29, 0.717) is 46.1 Å². The van der Waals surface area contributed by atoms with E-state index in [1.165, 1.54) is 12.8 Å². The predicted molar refractivity (Wildman–Crippen MR) is 142 cm³/mol. The Morgan fingerprint density at radius 2 is 1.89 bits per heavy atom. The lowest BCUT2D eigenvalue weighted by atomic mass is 9.90. The second-order valence-electron chi connectivity index (χ2n) is 10.5. The van der Waals surface area contributed by atoms with Crippen molar-refractivity contribution in [3.8, 4) is 11.3 Å². The molecule has 9 nitrogen and oxygen atoms in total. The van der Waals surface area contributed by atoms with E-state index in [9.17, 15) is 9.59 Å². The summed E-state index contributed by atoms with van der Waals surface area (Å²) < 4.78 is 5.41. The Bertz CT molecular complexity index is 1340. The Morgan fingerprint density at radius 3 is 2.61 bits per heavy atom. The second-order valence-corrected chi connectivity index (χ2v) is 11.4. The van der Waals surface area contributed by atoms with Crippen LogP contribution in [0.25, 0.3) is 11.3 Å². The Labute approximate surface area is 230 Å². The summed E-state index contributed by atoms with van der Waals surface area (Å²) in [4.78, 5) is 38.0. The fourth-order valence-corrected chi connectivity index (χ4v) is 5.64. The van der Waals surface area contributed by atoms with Crippen LogP contribution in [0.2, 0.25) is 10.0 Å². The normalized spacial score (nSPS) is 22.6. The van der Waals surface area contributed by atoms with Gasteiger partial charge in [-0.15, -0.1) is 0 Å². The number of carbonyl (C=O) groups excluding carboxylic acids is 2. The van der Waals surface area contributed by atoms with E-state index < -0.39 is 17.4 Å². The molecule has 2 aromatic heterocycles. The lowest BCUT2D eigenvalue weighted by molar-refractivity contribution is -0.128. The first-order valence-electron chi connectivity index (χ1n) is 12.9. The summed E-state index contributed by atoms with van der Waals surface area (Å²) in [6, 6.07) is 7.98. The third-order valence-electron chi connectivity index (χ3n) is 7.61. The average molecular weight is 555 g/mol. The van der Waals surface area contributed by atoms with E-state index in [1.54, 1.807) is 42.7 Å². The molecule has 2 atom stereocenters. The van der Waals surface area contributed by atoms with Gasteiger partial charge in [0.1, 0.15) is 0 Å². The van der Waals surface area contributed by atoms with E-state index in [2.05, 4.69) is 30.7 Å². The predicted octanol–water partition coefficient (Wildman–Crippen LogP) is 4.07. The van der Waals surface area contributed by atoms with Crippen molar-refractivity contribution in [2.45, 2.75) is 43.7 Å².